The molecule has 0 radical (unpaired) electrons. The number of nitrogens with one attached hydrogen (secondary N) is 3. The van der Waals surface area contributed by atoms with E-state index in [9.17, 15) is 9.59 Å². The second-order valence-electron chi connectivity index (χ2n) is 6.74. The largest absolute Gasteiger partial charge is 0.385 e. The van der Waals surface area contributed by atoms with Crippen molar-refractivity contribution in [3.05, 3.63) is 80.4 Å². The van der Waals surface area contributed by atoms with E-state index in [1.807, 2.05) is 32.9 Å². The van der Waals surface area contributed by atoms with Crippen LogP contribution in [-0.2, 0) is 6.54 Å². The highest BCUT2D eigenvalue weighted by Gasteiger charge is 2.16. The molecule has 3 N–H and O–H groups in total. The molecule has 29 heavy (non-hydrogen) atoms. The molecule has 0 aliphatic rings. The average molecular weight is 411 g/mol. The van der Waals surface area contributed by atoms with Gasteiger partial charge in [-0.25, -0.2) is 0 Å². The molecule has 6 nitrogen and oxygen atoms in total. The number of hydrogen-bond acceptors (Lipinski definition) is 4. The van der Waals surface area contributed by atoms with Crippen molar-refractivity contribution in [2.45, 2.75) is 27.3 Å². The number of rotatable bonds is 6. The van der Waals surface area contributed by atoms with Crippen LogP contribution < -0.4 is 16.1 Å². The summed E-state index contributed by atoms with van der Waals surface area (Å²) in [4.78, 5) is 32.7. The SMILES string of the molecule is CCNc1cc(Cl)cc(C(=O)NCc2c(-c3ccncc3)[nH]c(C)cc2=O)c1C. The molecule has 0 aliphatic carbocycles. The van der Waals surface area contributed by atoms with Crippen LogP contribution in [0.15, 0.2) is 47.5 Å². The van der Waals surface area contributed by atoms with Crippen LogP contribution in [0.1, 0.15) is 34.1 Å². The number of amides is 1. The predicted molar refractivity (Wildman–Crippen MR) is 117 cm³/mol. The third kappa shape index (κ3) is 4.66. The first-order chi connectivity index (χ1) is 13.9. The van der Waals surface area contributed by atoms with Gasteiger partial charge in [0.2, 0.25) is 0 Å². The van der Waals surface area contributed by atoms with E-state index >= 15 is 0 Å². The number of benzene rings is 1. The zero-order valence-electron chi connectivity index (χ0n) is 16.6. The van der Waals surface area contributed by atoms with E-state index in [0.717, 1.165) is 29.1 Å². The van der Waals surface area contributed by atoms with E-state index in [2.05, 4.69) is 20.6 Å². The maximum absolute atomic E-state index is 12.9. The summed E-state index contributed by atoms with van der Waals surface area (Å²) in [7, 11) is 0. The lowest BCUT2D eigenvalue weighted by Gasteiger charge is -2.15. The number of aromatic nitrogens is 2. The fourth-order valence-electron chi connectivity index (χ4n) is 3.21. The van der Waals surface area contributed by atoms with Crippen molar-refractivity contribution in [1.29, 1.82) is 0 Å². The van der Waals surface area contributed by atoms with E-state index in [0.29, 0.717) is 21.8 Å². The van der Waals surface area contributed by atoms with Crippen LogP contribution in [-0.4, -0.2) is 22.4 Å². The van der Waals surface area contributed by atoms with Gasteiger partial charge in [-0.15, -0.1) is 0 Å². The molecule has 1 amide bonds. The number of aryl methyl sites for hydroxylation is 1. The quantitative estimate of drug-likeness (QED) is 0.571. The Morgan fingerprint density at radius 2 is 1.90 bits per heavy atom. The molecule has 150 valence electrons. The molecular formula is C22H23ClN4O2. The molecule has 0 saturated carbocycles. The zero-order chi connectivity index (χ0) is 21.0. The molecular weight excluding hydrogens is 388 g/mol. The summed E-state index contributed by atoms with van der Waals surface area (Å²) in [6.07, 6.45) is 3.33. The number of aromatic amines is 1. The van der Waals surface area contributed by atoms with Crippen LogP contribution in [0.2, 0.25) is 5.02 Å². The average Bonchev–Trinajstić information content (AvgIpc) is 2.70. The van der Waals surface area contributed by atoms with Crippen molar-refractivity contribution in [2.75, 3.05) is 11.9 Å². The monoisotopic (exact) mass is 410 g/mol. The summed E-state index contributed by atoms with van der Waals surface area (Å²) in [5.74, 6) is -0.287. The van der Waals surface area contributed by atoms with Crippen molar-refractivity contribution in [2.24, 2.45) is 0 Å². The summed E-state index contributed by atoms with van der Waals surface area (Å²) in [6.45, 7) is 6.48. The number of anilines is 1. The Kier molecular flexibility index (Phi) is 6.34. The molecule has 3 rings (SSSR count). The summed E-state index contributed by atoms with van der Waals surface area (Å²) >= 11 is 6.19. The zero-order valence-corrected chi connectivity index (χ0v) is 17.4. The molecule has 0 fully saturated rings. The molecule has 0 atom stereocenters. The standard InChI is InChI=1S/C22H23ClN4O2/c1-4-25-19-11-16(23)10-17(14(19)3)22(29)26-12-18-20(28)9-13(2)27-21(18)15-5-7-24-8-6-15/h5-11,25H,4,12H2,1-3H3,(H,26,29)(H,27,28). The molecule has 2 heterocycles. The van der Waals surface area contributed by atoms with Crippen molar-refractivity contribution in [1.82, 2.24) is 15.3 Å². The van der Waals surface area contributed by atoms with Gasteiger partial charge in [0.25, 0.3) is 5.91 Å². The molecule has 0 saturated heterocycles. The van der Waals surface area contributed by atoms with Gasteiger partial charge in [-0.05, 0) is 50.6 Å². The molecule has 1 aromatic carbocycles. The van der Waals surface area contributed by atoms with Crippen molar-refractivity contribution < 1.29 is 4.79 Å². The Morgan fingerprint density at radius 3 is 2.59 bits per heavy atom. The van der Waals surface area contributed by atoms with Gasteiger partial charge in [-0.3, -0.25) is 14.6 Å². The number of carbonyl (C=O) groups excluding carboxylic acids is 1. The highest BCUT2D eigenvalue weighted by molar-refractivity contribution is 6.31. The Bertz CT molecular complexity index is 1090. The maximum Gasteiger partial charge on any atom is 0.251 e. The Balaban J connectivity index is 1.91. The van der Waals surface area contributed by atoms with Crippen LogP contribution >= 0.6 is 11.6 Å². The van der Waals surface area contributed by atoms with Crippen molar-refractivity contribution >= 4 is 23.2 Å². The van der Waals surface area contributed by atoms with Gasteiger partial charge >= 0.3 is 0 Å². The van der Waals surface area contributed by atoms with Crippen molar-refractivity contribution in [3.8, 4) is 11.3 Å². The molecule has 7 heteroatoms. The van der Waals surface area contributed by atoms with Gasteiger partial charge < -0.3 is 15.6 Å². The summed E-state index contributed by atoms with van der Waals surface area (Å²) in [6, 6.07) is 8.60. The molecule has 0 bridgehead atoms. The van der Waals surface area contributed by atoms with Crippen LogP contribution in [0, 0.1) is 13.8 Å². The summed E-state index contributed by atoms with van der Waals surface area (Å²) < 4.78 is 0. The fraction of sp³-hybridized carbons (Fsp3) is 0.227. The van der Waals surface area contributed by atoms with E-state index in [-0.39, 0.29) is 17.9 Å². The number of hydrogen-bond donors (Lipinski definition) is 3. The first-order valence-corrected chi connectivity index (χ1v) is 9.74. The molecule has 0 aliphatic heterocycles. The number of halogens is 1. The third-order valence-corrected chi connectivity index (χ3v) is 4.87. The lowest BCUT2D eigenvalue weighted by molar-refractivity contribution is 0.0950. The number of H-pyrrole nitrogens is 1. The van der Waals surface area contributed by atoms with Crippen LogP contribution in [0.25, 0.3) is 11.3 Å². The Morgan fingerprint density at radius 1 is 1.17 bits per heavy atom. The highest BCUT2D eigenvalue weighted by atomic mass is 35.5. The van der Waals surface area contributed by atoms with Crippen LogP contribution in [0.4, 0.5) is 5.69 Å². The van der Waals surface area contributed by atoms with E-state index in [1.165, 1.54) is 6.07 Å². The van der Waals surface area contributed by atoms with Gasteiger partial charge in [0.1, 0.15) is 0 Å². The van der Waals surface area contributed by atoms with Gasteiger partial charge in [0.15, 0.2) is 5.43 Å². The maximum atomic E-state index is 12.9. The molecule has 2 aromatic heterocycles. The Hall–Kier alpha value is -3.12. The first kappa shape index (κ1) is 20.6. The minimum absolute atomic E-state index is 0.0919. The predicted octanol–water partition coefficient (Wildman–Crippen LogP) is 4.07. The highest BCUT2D eigenvalue weighted by Crippen LogP contribution is 2.25. The van der Waals surface area contributed by atoms with Gasteiger partial charge in [0, 0.05) is 64.6 Å². The van der Waals surface area contributed by atoms with E-state index in [1.54, 1.807) is 24.5 Å². The Labute approximate surface area is 174 Å². The normalized spacial score (nSPS) is 10.6. The number of pyridine rings is 2. The second-order valence-corrected chi connectivity index (χ2v) is 7.18. The van der Waals surface area contributed by atoms with Gasteiger partial charge in [0.05, 0.1) is 5.69 Å². The smallest absolute Gasteiger partial charge is 0.251 e. The van der Waals surface area contributed by atoms with Crippen LogP contribution in [0.3, 0.4) is 0 Å². The fourth-order valence-corrected chi connectivity index (χ4v) is 3.43. The minimum Gasteiger partial charge on any atom is -0.385 e. The third-order valence-electron chi connectivity index (χ3n) is 4.65. The number of nitrogens with zero attached hydrogens (tertiary/aromatic N) is 1. The van der Waals surface area contributed by atoms with E-state index < -0.39 is 0 Å². The minimum atomic E-state index is -0.287. The van der Waals surface area contributed by atoms with Gasteiger partial charge in [-0.2, -0.15) is 0 Å². The van der Waals surface area contributed by atoms with Crippen LogP contribution in [0.5, 0.6) is 0 Å². The molecule has 0 spiro atoms. The molecule has 3 aromatic rings. The van der Waals surface area contributed by atoms with E-state index in [4.69, 9.17) is 11.6 Å². The summed E-state index contributed by atoms with van der Waals surface area (Å²) in [5, 5.41) is 6.54. The lowest BCUT2D eigenvalue weighted by Crippen LogP contribution is -2.27. The topological polar surface area (TPSA) is 86.9 Å². The summed E-state index contributed by atoms with van der Waals surface area (Å²) in [5.41, 5.74) is 4.70. The molecule has 0 unspecified atom stereocenters. The van der Waals surface area contributed by atoms with Crippen molar-refractivity contribution in [3.63, 3.8) is 0 Å². The first-order valence-electron chi connectivity index (χ1n) is 9.36. The number of carbonyl (C=O) groups is 1. The van der Waals surface area contributed by atoms with Gasteiger partial charge in [-0.1, -0.05) is 11.6 Å². The second kappa shape index (κ2) is 8.92. The lowest BCUT2D eigenvalue weighted by atomic mass is 10.0.